The van der Waals surface area contributed by atoms with Crippen LogP contribution in [0.4, 0.5) is 0 Å². The fourth-order valence-electron chi connectivity index (χ4n) is 3.80. The first-order valence-electron chi connectivity index (χ1n) is 9.28. The highest BCUT2D eigenvalue weighted by atomic mass is 16.1. The van der Waals surface area contributed by atoms with Crippen LogP contribution in [0.15, 0.2) is 103 Å². The smallest absolute Gasteiger partial charge is 0.195 e. The van der Waals surface area contributed by atoms with Gasteiger partial charge in [0.25, 0.3) is 0 Å². The molecule has 0 aliphatic heterocycles. The molecule has 1 aromatic heterocycles. The van der Waals surface area contributed by atoms with Crippen molar-refractivity contribution in [3.63, 3.8) is 0 Å². The van der Waals surface area contributed by atoms with Gasteiger partial charge >= 0.3 is 0 Å². The van der Waals surface area contributed by atoms with E-state index >= 15 is 0 Å². The Morgan fingerprint density at radius 2 is 1.29 bits per heavy atom. The zero-order chi connectivity index (χ0) is 18.9. The lowest BCUT2D eigenvalue weighted by Gasteiger charge is -2.13. The van der Waals surface area contributed by atoms with E-state index in [4.69, 9.17) is 0 Å². The highest BCUT2D eigenvalue weighted by molar-refractivity contribution is 6.21. The molecule has 0 N–H and O–H groups in total. The Bertz CT molecular complexity index is 1320. The third kappa shape index (κ3) is 2.67. The van der Waals surface area contributed by atoms with Crippen LogP contribution in [-0.4, -0.2) is 10.8 Å². The zero-order valence-corrected chi connectivity index (χ0v) is 15.2. The van der Waals surface area contributed by atoms with Crippen molar-refractivity contribution in [3.05, 3.63) is 114 Å². The van der Waals surface area contributed by atoms with E-state index < -0.39 is 0 Å². The fraction of sp³-hybridized carbons (Fsp3) is 0. The maximum Gasteiger partial charge on any atom is 0.195 e. The van der Waals surface area contributed by atoms with Crippen LogP contribution in [0.25, 0.3) is 32.8 Å². The Morgan fingerprint density at radius 3 is 2.14 bits per heavy atom. The van der Waals surface area contributed by atoms with Gasteiger partial charge in [-0.15, -0.1) is 0 Å². The van der Waals surface area contributed by atoms with Crippen molar-refractivity contribution in [2.75, 3.05) is 0 Å². The predicted molar refractivity (Wildman–Crippen MR) is 115 cm³/mol. The number of fused-ring (bicyclic) bond motifs is 2. The monoisotopic (exact) mass is 359 g/mol. The molecule has 28 heavy (non-hydrogen) atoms. The van der Waals surface area contributed by atoms with Gasteiger partial charge in [0.15, 0.2) is 5.78 Å². The Kier molecular flexibility index (Phi) is 3.95. The van der Waals surface area contributed by atoms with E-state index in [1.54, 1.807) is 6.20 Å². The zero-order valence-electron chi connectivity index (χ0n) is 15.2. The summed E-state index contributed by atoms with van der Waals surface area (Å²) in [5.41, 5.74) is 4.17. The standard InChI is InChI=1S/C26H17NO/c28-26(21-15-8-12-18-9-4-5-13-20(18)21)23-17-27-24-16-7-6-14-22(24)25(23)19-10-2-1-3-11-19/h1-17H. The van der Waals surface area contributed by atoms with Crippen molar-refractivity contribution in [1.29, 1.82) is 0 Å². The molecule has 0 saturated carbocycles. The summed E-state index contributed by atoms with van der Waals surface area (Å²) in [6.07, 6.45) is 1.72. The van der Waals surface area contributed by atoms with E-state index in [9.17, 15) is 4.79 Å². The van der Waals surface area contributed by atoms with Crippen LogP contribution in [0, 0.1) is 0 Å². The van der Waals surface area contributed by atoms with E-state index in [0.29, 0.717) is 11.1 Å². The number of para-hydroxylation sites is 1. The molecule has 0 saturated heterocycles. The topological polar surface area (TPSA) is 30.0 Å². The molecular weight excluding hydrogens is 342 g/mol. The number of ketones is 1. The van der Waals surface area contributed by atoms with Gasteiger partial charge in [-0.3, -0.25) is 9.78 Å². The van der Waals surface area contributed by atoms with Crippen LogP contribution >= 0.6 is 0 Å². The van der Waals surface area contributed by atoms with Gasteiger partial charge in [0, 0.05) is 28.3 Å². The second kappa shape index (κ2) is 6.75. The van der Waals surface area contributed by atoms with Crippen LogP contribution in [0.2, 0.25) is 0 Å². The third-order valence-corrected chi connectivity index (χ3v) is 5.12. The molecule has 0 aliphatic rings. The van der Waals surface area contributed by atoms with Crippen LogP contribution in [0.3, 0.4) is 0 Å². The molecule has 0 fully saturated rings. The number of hydrogen-bond donors (Lipinski definition) is 0. The van der Waals surface area contributed by atoms with Gasteiger partial charge in [0.05, 0.1) is 5.52 Å². The molecule has 0 atom stereocenters. The summed E-state index contributed by atoms with van der Waals surface area (Å²) in [5, 5.41) is 3.00. The van der Waals surface area contributed by atoms with Gasteiger partial charge in [-0.25, -0.2) is 0 Å². The van der Waals surface area contributed by atoms with Crippen LogP contribution in [0.5, 0.6) is 0 Å². The van der Waals surface area contributed by atoms with Crippen molar-refractivity contribution in [2.24, 2.45) is 0 Å². The van der Waals surface area contributed by atoms with Gasteiger partial charge in [0.2, 0.25) is 0 Å². The van der Waals surface area contributed by atoms with Gasteiger partial charge < -0.3 is 0 Å². The first-order chi connectivity index (χ1) is 13.8. The summed E-state index contributed by atoms with van der Waals surface area (Å²) >= 11 is 0. The van der Waals surface area contributed by atoms with Crippen molar-refractivity contribution < 1.29 is 4.79 Å². The molecule has 0 unspecified atom stereocenters. The van der Waals surface area contributed by atoms with Crippen LogP contribution in [-0.2, 0) is 0 Å². The van der Waals surface area contributed by atoms with Crippen molar-refractivity contribution in [2.45, 2.75) is 0 Å². The van der Waals surface area contributed by atoms with E-state index in [1.807, 2.05) is 97.1 Å². The first kappa shape index (κ1) is 16.4. The largest absolute Gasteiger partial charge is 0.289 e. The number of hydrogen-bond acceptors (Lipinski definition) is 2. The van der Waals surface area contributed by atoms with Crippen LogP contribution in [0.1, 0.15) is 15.9 Å². The molecule has 5 rings (SSSR count). The Labute approximate surface area is 163 Å². The lowest BCUT2D eigenvalue weighted by molar-refractivity contribution is 0.104. The number of pyridine rings is 1. The number of carbonyl (C=O) groups excluding carboxylic acids is 1. The molecular formula is C26H17NO. The average molecular weight is 359 g/mol. The summed E-state index contributed by atoms with van der Waals surface area (Å²) in [7, 11) is 0. The molecule has 132 valence electrons. The molecule has 0 amide bonds. The molecule has 2 nitrogen and oxygen atoms in total. The highest BCUT2D eigenvalue weighted by Gasteiger charge is 2.19. The van der Waals surface area contributed by atoms with Gasteiger partial charge in [-0.05, 0) is 22.4 Å². The van der Waals surface area contributed by atoms with E-state index in [-0.39, 0.29) is 5.78 Å². The molecule has 2 heteroatoms. The minimum Gasteiger partial charge on any atom is -0.289 e. The molecule has 4 aromatic carbocycles. The SMILES string of the molecule is O=C(c1cnc2ccccc2c1-c1ccccc1)c1cccc2ccccc12. The quantitative estimate of drug-likeness (QED) is 0.355. The van der Waals surface area contributed by atoms with Crippen molar-refractivity contribution in [1.82, 2.24) is 4.98 Å². The minimum absolute atomic E-state index is 0.00564. The van der Waals surface area contributed by atoms with Gasteiger partial charge in [-0.2, -0.15) is 0 Å². The minimum atomic E-state index is -0.00564. The maximum absolute atomic E-state index is 13.7. The molecule has 0 bridgehead atoms. The third-order valence-electron chi connectivity index (χ3n) is 5.12. The molecule has 0 radical (unpaired) electrons. The second-order valence-corrected chi connectivity index (χ2v) is 6.79. The Balaban J connectivity index is 1.80. The van der Waals surface area contributed by atoms with E-state index in [2.05, 4.69) is 4.98 Å². The summed E-state index contributed by atoms with van der Waals surface area (Å²) < 4.78 is 0. The Morgan fingerprint density at radius 1 is 0.607 bits per heavy atom. The lowest BCUT2D eigenvalue weighted by atomic mass is 9.90. The van der Waals surface area contributed by atoms with Crippen LogP contribution < -0.4 is 0 Å². The number of aromatic nitrogens is 1. The predicted octanol–water partition coefficient (Wildman–Crippen LogP) is 6.29. The molecule has 1 heterocycles. The van der Waals surface area contributed by atoms with E-state index in [1.165, 1.54) is 0 Å². The average Bonchev–Trinajstić information content (AvgIpc) is 2.78. The normalized spacial score (nSPS) is 11.0. The van der Waals surface area contributed by atoms with Crippen molar-refractivity contribution >= 4 is 27.5 Å². The summed E-state index contributed by atoms with van der Waals surface area (Å²) in [4.78, 5) is 18.2. The van der Waals surface area contributed by atoms with Gasteiger partial charge in [-0.1, -0.05) is 91.0 Å². The lowest BCUT2D eigenvalue weighted by Crippen LogP contribution is -2.06. The number of nitrogens with zero attached hydrogens (tertiary/aromatic N) is 1. The summed E-state index contributed by atoms with van der Waals surface area (Å²) in [6.45, 7) is 0. The fourth-order valence-corrected chi connectivity index (χ4v) is 3.80. The second-order valence-electron chi connectivity index (χ2n) is 6.79. The maximum atomic E-state index is 13.7. The first-order valence-corrected chi connectivity index (χ1v) is 9.28. The highest BCUT2D eigenvalue weighted by Crippen LogP contribution is 2.33. The van der Waals surface area contributed by atoms with E-state index in [0.717, 1.165) is 32.8 Å². The summed E-state index contributed by atoms with van der Waals surface area (Å²) in [5.74, 6) is -0.00564. The molecule has 0 aliphatic carbocycles. The molecule has 5 aromatic rings. The number of benzene rings is 4. The van der Waals surface area contributed by atoms with Gasteiger partial charge in [0.1, 0.15) is 0 Å². The van der Waals surface area contributed by atoms with Crippen molar-refractivity contribution in [3.8, 4) is 11.1 Å². The molecule has 0 spiro atoms. The summed E-state index contributed by atoms with van der Waals surface area (Å²) in [6, 6.07) is 31.9. The Hall–Kier alpha value is -3.78. The number of carbonyl (C=O) groups is 1. The number of rotatable bonds is 3.